The molecule has 1 N–H and O–H groups in total. The summed E-state index contributed by atoms with van der Waals surface area (Å²) in [4.78, 5) is 14.8. The normalized spacial score (nSPS) is 19.6. The second kappa shape index (κ2) is 6.27. The zero-order valence-corrected chi connectivity index (χ0v) is 14.1. The van der Waals surface area contributed by atoms with Gasteiger partial charge in [0, 0.05) is 7.05 Å². The smallest absolute Gasteiger partial charge is 0.241 e. The fourth-order valence-corrected chi connectivity index (χ4v) is 3.71. The first kappa shape index (κ1) is 16.5. The molecule has 0 aromatic heterocycles. The molecule has 0 saturated carbocycles. The van der Waals surface area contributed by atoms with E-state index in [1.165, 1.54) is 12.1 Å². The van der Waals surface area contributed by atoms with Crippen LogP contribution in [0.2, 0.25) is 0 Å². The van der Waals surface area contributed by atoms with Crippen LogP contribution in [0, 0.1) is 5.82 Å². The number of likely N-dealkylation sites (N-methyl/N-ethyl adjacent to an activating group) is 1. The van der Waals surface area contributed by atoms with Gasteiger partial charge in [-0.2, -0.15) is 0 Å². The van der Waals surface area contributed by atoms with Crippen LogP contribution in [-0.2, 0) is 10.2 Å². The third-order valence-electron chi connectivity index (χ3n) is 4.97. The van der Waals surface area contributed by atoms with Gasteiger partial charge < -0.3 is 10.0 Å². The molecule has 0 bridgehead atoms. The molecule has 1 atom stereocenters. The number of unbranched alkanes of at least 4 members (excludes halogenated alkanes) is 2. The highest BCUT2D eigenvalue weighted by molar-refractivity contribution is 6.10. The van der Waals surface area contributed by atoms with Crippen molar-refractivity contribution in [3.8, 4) is 5.75 Å². The Balaban J connectivity index is 2.18. The first-order valence-electron chi connectivity index (χ1n) is 8.38. The fourth-order valence-electron chi connectivity index (χ4n) is 3.71. The molecule has 0 spiro atoms. The van der Waals surface area contributed by atoms with Gasteiger partial charge in [0.15, 0.2) is 0 Å². The number of carbonyl (C=O) groups is 1. The number of amides is 1. The highest BCUT2D eigenvalue weighted by atomic mass is 19.1. The van der Waals surface area contributed by atoms with E-state index in [1.807, 2.05) is 0 Å². The molecule has 2 aromatic carbocycles. The molecule has 126 valence electrons. The minimum atomic E-state index is -0.805. The Morgan fingerprint density at radius 3 is 2.50 bits per heavy atom. The summed E-state index contributed by atoms with van der Waals surface area (Å²) in [6.07, 6.45) is 3.68. The molecule has 0 saturated heterocycles. The zero-order chi connectivity index (χ0) is 17.3. The van der Waals surface area contributed by atoms with Gasteiger partial charge in [0.25, 0.3) is 0 Å². The third kappa shape index (κ3) is 2.46. The van der Waals surface area contributed by atoms with E-state index in [0.717, 1.165) is 30.4 Å². The number of fused-ring (bicyclic) bond motifs is 1. The Kier molecular flexibility index (Phi) is 4.31. The topological polar surface area (TPSA) is 40.5 Å². The molecule has 1 amide bonds. The maximum atomic E-state index is 13.7. The fraction of sp³-hybridized carbons (Fsp3) is 0.350. The molecule has 4 heteroatoms. The van der Waals surface area contributed by atoms with E-state index in [2.05, 4.69) is 6.92 Å². The van der Waals surface area contributed by atoms with E-state index in [4.69, 9.17) is 0 Å². The predicted octanol–water partition coefficient (Wildman–Crippen LogP) is 4.37. The van der Waals surface area contributed by atoms with Gasteiger partial charge in [-0.1, -0.05) is 44.4 Å². The van der Waals surface area contributed by atoms with Crippen LogP contribution in [0.1, 0.15) is 43.7 Å². The second-order valence-corrected chi connectivity index (χ2v) is 6.43. The minimum Gasteiger partial charge on any atom is -0.508 e. The van der Waals surface area contributed by atoms with Gasteiger partial charge in [0.2, 0.25) is 5.91 Å². The monoisotopic (exact) mass is 327 g/mol. The number of phenolic OH excluding ortho intramolecular Hbond substituents is 1. The molecular formula is C20H22FNO2. The van der Waals surface area contributed by atoms with E-state index >= 15 is 0 Å². The van der Waals surface area contributed by atoms with Gasteiger partial charge in [0.1, 0.15) is 17.0 Å². The molecular weight excluding hydrogens is 305 g/mol. The summed E-state index contributed by atoms with van der Waals surface area (Å²) in [5.74, 6) is -0.214. The summed E-state index contributed by atoms with van der Waals surface area (Å²) < 4.78 is 13.7. The Bertz CT molecular complexity index is 757. The van der Waals surface area contributed by atoms with Crippen molar-refractivity contribution in [3.05, 3.63) is 59.4 Å². The van der Waals surface area contributed by atoms with Crippen LogP contribution in [0.4, 0.5) is 10.1 Å². The molecule has 1 heterocycles. The Hall–Kier alpha value is -2.36. The highest BCUT2D eigenvalue weighted by Gasteiger charge is 2.50. The summed E-state index contributed by atoms with van der Waals surface area (Å²) in [5.41, 5.74) is 1.52. The Morgan fingerprint density at radius 2 is 1.83 bits per heavy atom. The van der Waals surface area contributed by atoms with Crippen LogP contribution in [-0.4, -0.2) is 18.1 Å². The van der Waals surface area contributed by atoms with Crippen molar-refractivity contribution in [2.75, 3.05) is 11.9 Å². The molecule has 3 rings (SSSR count). The Labute approximate surface area is 141 Å². The van der Waals surface area contributed by atoms with Crippen molar-refractivity contribution < 1.29 is 14.3 Å². The van der Waals surface area contributed by atoms with Crippen LogP contribution in [0.3, 0.4) is 0 Å². The van der Waals surface area contributed by atoms with Gasteiger partial charge in [-0.05, 0) is 41.8 Å². The van der Waals surface area contributed by atoms with Crippen molar-refractivity contribution in [2.45, 2.75) is 38.0 Å². The molecule has 2 aromatic rings. The van der Waals surface area contributed by atoms with E-state index in [1.54, 1.807) is 42.3 Å². The highest BCUT2D eigenvalue weighted by Crippen LogP contribution is 2.49. The van der Waals surface area contributed by atoms with E-state index < -0.39 is 5.41 Å². The van der Waals surface area contributed by atoms with Crippen LogP contribution in [0.25, 0.3) is 0 Å². The minimum absolute atomic E-state index is 0.0371. The molecule has 1 unspecified atom stereocenters. The predicted molar refractivity (Wildman–Crippen MR) is 92.8 cm³/mol. The SMILES string of the molecule is CCCCCC1(c2ccc(O)cc2)C(=O)N(C)c2cc(F)ccc21. The quantitative estimate of drug-likeness (QED) is 0.828. The average Bonchev–Trinajstić information content (AvgIpc) is 2.78. The van der Waals surface area contributed by atoms with E-state index in [0.29, 0.717) is 12.1 Å². The van der Waals surface area contributed by atoms with Crippen molar-refractivity contribution in [2.24, 2.45) is 0 Å². The number of aromatic hydroxyl groups is 1. The summed E-state index contributed by atoms with van der Waals surface area (Å²) >= 11 is 0. The molecule has 0 aliphatic carbocycles. The number of hydrogen-bond donors (Lipinski definition) is 1. The van der Waals surface area contributed by atoms with Gasteiger partial charge in [-0.25, -0.2) is 4.39 Å². The number of hydrogen-bond acceptors (Lipinski definition) is 2. The first-order chi connectivity index (χ1) is 11.5. The number of benzene rings is 2. The first-order valence-corrected chi connectivity index (χ1v) is 8.38. The van der Waals surface area contributed by atoms with Gasteiger partial charge >= 0.3 is 0 Å². The van der Waals surface area contributed by atoms with Crippen LogP contribution < -0.4 is 4.90 Å². The number of phenols is 1. The van der Waals surface area contributed by atoms with Crippen molar-refractivity contribution in [1.82, 2.24) is 0 Å². The van der Waals surface area contributed by atoms with Crippen LogP contribution in [0.15, 0.2) is 42.5 Å². The lowest BCUT2D eigenvalue weighted by molar-refractivity contribution is -0.121. The number of rotatable bonds is 5. The standard InChI is InChI=1S/C20H22FNO2/c1-3-4-5-12-20(14-6-9-16(23)10-7-14)17-11-8-15(21)13-18(17)22(2)19(20)24/h6-11,13,23H,3-5,12H2,1-2H3. The van der Waals surface area contributed by atoms with Crippen LogP contribution >= 0.6 is 0 Å². The van der Waals surface area contributed by atoms with E-state index in [9.17, 15) is 14.3 Å². The lowest BCUT2D eigenvalue weighted by Gasteiger charge is -2.29. The number of anilines is 1. The zero-order valence-electron chi connectivity index (χ0n) is 14.1. The Morgan fingerprint density at radius 1 is 1.12 bits per heavy atom. The van der Waals surface area contributed by atoms with Gasteiger partial charge in [0.05, 0.1) is 5.69 Å². The maximum absolute atomic E-state index is 13.7. The largest absolute Gasteiger partial charge is 0.508 e. The summed E-state index contributed by atoms with van der Waals surface area (Å²) in [5, 5.41) is 9.60. The third-order valence-corrected chi connectivity index (χ3v) is 4.97. The summed E-state index contributed by atoms with van der Waals surface area (Å²) in [6.45, 7) is 2.12. The molecule has 24 heavy (non-hydrogen) atoms. The average molecular weight is 327 g/mol. The molecule has 0 radical (unpaired) electrons. The lowest BCUT2D eigenvalue weighted by Crippen LogP contribution is -2.39. The lowest BCUT2D eigenvalue weighted by atomic mass is 9.71. The maximum Gasteiger partial charge on any atom is 0.241 e. The van der Waals surface area contributed by atoms with Crippen molar-refractivity contribution >= 4 is 11.6 Å². The second-order valence-electron chi connectivity index (χ2n) is 6.43. The van der Waals surface area contributed by atoms with Crippen LogP contribution in [0.5, 0.6) is 5.75 Å². The number of nitrogens with zero attached hydrogens (tertiary/aromatic N) is 1. The summed E-state index contributed by atoms with van der Waals surface area (Å²) in [7, 11) is 1.70. The van der Waals surface area contributed by atoms with E-state index in [-0.39, 0.29) is 17.5 Å². The number of halogens is 1. The number of carbonyl (C=O) groups excluding carboxylic acids is 1. The summed E-state index contributed by atoms with van der Waals surface area (Å²) in [6, 6.07) is 11.4. The molecule has 1 aliphatic heterocycles. The van der Waals surface area contributed by atoms with Crippen molar-refractivity contribution in [3.63, 3.8) is 0 Å². The molecule has 0 fully saturated rings. The van der Waals surface area contributed by atoms with Gasteiger partial charge in [-0.15, -0.1) is 0 Å². The molecule has 1 aliphatic rings. The van der Waals surface area contributed by atoms with Gasteiger partial charge in [-0.3, -0.25) is 4.79 Å². The van der Waals surface area contributed by atoms with Crippen molar-refractivity contribution in [1.29, 1.82) is 0 Å². The molecule has 3 nitrogen and oxygen atoms in total.